The fourth-order valence-corrected chi connectivity index (χ4v) is 11.3. The van der Waals surface area contributed by atoms with Crippen LogP contribution in [0.15, 0.2) is 97.2 Å². The standard InChI is InChI=1S/C72H123NO18/c1-3-5-7-9-11-13-15-16-17-18-19-20-21-22-23-24-25-26-27-28-29-30-31-32-33-34-35-36-37-38-40-42-44-46-48-50-60(78)73-55(56(77)49-47-45-43-41-39-14-12-10-8-6-4-2)54-86-70-66(84)63(81)68(58(52-75)88-70)91-72-67(85)64(82)69(59(53-76)89-72)90-71-65(83)62(80)61(79)57(51-74)87-71/h5,7,11,13,16-17,19-20,22-23,25-26,28-29,31-32,55-59,61-72,74-77,79-85H,3-4,6,8-10,12,14-15,18,21,24,27,30,33-54H2,1-2H3,(H,73,78)/b7-5-,13-11-,17-16-,20-19-,23-22-,26-25-,29-28-,32-31-. The minimum atomic E-state index is -1.98. The summed E-state index contributed by atoms with van der Waals surface area (Å²) in [6.45, 7) is 1.65. The number of rotatable bonds is 52. The molecule has 0 aromatic heterocycles. The number of carbonyl (C=O) groups excluding carboxylic acids is 1. The molecule has 3 rings (SSSR count). The maximum absolute atomic E-state index is 13.4. The molecular formula is C72H123NO18. The summed E-state index contributed by atoms with van der Waals surface area (Å²) in [5.41, 5.74) is 0. The lowest BCUT2D eigenvalue weighted by molar-refractivity contribution is -0.379. The highest BCUT2D eigenvalue weighted by Gasteiger charge is 2.53. The Morgan fingerprint density at radius 2 is 0.758 bits per heavy atom. The van der Waals surface area contributed by atoms with Crippen LogP contribution in [0.2, 0.25) is 0 Å². The third-order valence-corrected chi connectivity index (χ3v) is 16.9. The minimum Gasteiger partial charge on any atom is -0.394 e. The number of unbranched alkanes of at least 4 members (excludes halogenated alkanes) is 20. The molecule has 12 N–H and O–H groups in total. The van der Waals surface area contributed by atoms with E-state index in [1.165, 1.54) is 77.0 Å². The van der Waals surface area contributed by atoms with E-state index >= 15 is 0 Å². The van der Waals surface area contributed by atoms with Gasteiger partial charge < -0.3 is 89.9 Å². The van der Waals surface area contributed by atoms with E-state index in [-0.39, 0.29) is 18.9 Å². The monoisotopic (exact) mass is 1290 g/mol. The van der Waals surface area contributed by atoms with Gasteiger partial charge in [-0.05, 0) is 77.0 Å². The summed E-state index contributed by atoms with van der Waals surface area (Å²) >= 11 is 0. The van der Waals surface area contributed by atoms with Gasteiger partial charge in [-0.15, -0.1) is 0 Å². The molecule has 3 aliphatic rings. The van der Waals surface area contributed by atoms with E-state index in [4.69, 9.17) is 28.4 Å². The fraction of sp³-hybridized carbons (Fsp3) is 0.764. The zero-order valence-corrected chi connectivity index (χ0v) is 55.3. The van der Waals surface area contributed by atoms with Crippen molar-refractivity contribution in [1.82, 2.24) is 5.32 Å². The number of amides is 1. The Kier molecular flexibility index (Phi) is 47.7. The second kappa shape index (κ2) is 52.9. The first-order valence-corrected chi connectivity index (χ1v) is 35.0. The number of hydrogen-bond acceptors (Lipinski definition) is 18. The molecule has 19 heteroatoms. The van der Waals surface area contributed by atoms with Crippen LogP contribution in [0, 0.1) is 0 Å². The largest absolute Gasteiger partial charge is 0.394 e. The molecular weight excluding hydrogens is 1170 g/mol. The Morgan fingerprint density at radius 3 is 1.19 bits per heavy atom. The van der Waals surface area contributed by atoms with Crippen LogP contribution < -0.4 is 5.32 Å². The van der Waals surface area contributed by atoms with Crippen LogP contribution in [-0.4, -0.2) is 193 Å². The van der Waals surface area contributed by atoms with Gasteiger partial charge in [-0.1, -0.05) is 233 Å². The number of nitrogens with one attached hydrogen (secondary N) is 1. The molecule has 17 unspecified atom stereocenters. The van der Waals surface area contributed by atoms with Gasteiger partial charge in [0.25, 0.3) is 0 Å². The van der Waals surface area contributed by atoms with Crippen molar-refractivity contribution in [2.24, 2.45) is 0 Å². The van der Waals surface area contributed by atoms with Crippen molar-refractivity contribution in [3.63, 3.8) is 0 Å². The van der Waals surface area contributed by atoms with Gasteiger partial charge in [0.05, 0.1) is 38.6 Å². The van der Waals surface area contributed by atoms with E-state index in [1.54, 1.807) is 0 Å². The van der Waals surface area contributed by atoms with Crippen LogP contribution >= 0.6 is 0 Å². The SMILES string of the molecule is CC/C=C\C/C=C\C/C=C\C/C=C\C/C=C\C/C=C\C/C=C\C/C=C\CCCCCCCCCCCCC(=O)NC(COC1OC(CO)C(OC2OC(CO)C(OC3OC(CO)C(O)C(O)C3O)C(O)C2O)C(O)C1O)C(O)CCCCCCCCCCCCC. The van der Waals surface area contributed by atoms with E-state index in [9.17, 15) is 61.0 Å². The number of allylic oxidation sites excluding steroid dienone is 16. The van der Waals surface area contributed by atoms with Gasteiger partial charge in [0, 0.05) is 6.42 Å². The summed E-state index contributed by atoms with van der Waals surface area (Å²) < 4.78 is 34.3. The number of ether oxygens (including phenoxy) is 6. The predicted octanol–water partition coefficient (Wildman–Crippen LogP) is 9.27. The van der Waals surface area contributed by atoms with Gasteiger partial charge in [0.15, 0.2) is 18.9 Å². The summed E-state index contributed by atoms with van der Waals surface area (Å²) in [7, 11) is 0. The summed E-state index contributed by atoms with van der Waals surface area (Å²) in [5.74, 6) is -0.253. The lowest BCUT2D eigenvalue weighted by Crippen LogP contribution is -2.66. The van der Waals surface area contributed by atoms with Crippen LogP contribution in [-0.2, 0) is 33.2 Å². The Balaban J connectivity index is 1.35. The molecule has 0 aromatic carbocycles. The third-order valence-electron chi connectivity index (χ3n) is 16.9. The number of carbonyl (C=O) groups is 1. The van der Waals surface area contributed by atoms with Crippen LogP contribution in [0.3, 0.4) is 0 Å². The van der Waals surface area contributed by atoms with Gasteiger partial charge in [0.2, 0.25) is 5.91 Å². The number of aliphatic hydroxyl groups is 11. The highest BCUT2D eigenvalue weighted by atomic mass is 16.8. The summed E-state index contributed by atoms with van der Waals surface area (Å²) in [6, 6.07) is -0.894. The lowest BCUT2D eigenvalue weighted by atomic mass is 9.96. The van der Waals surface area contributed by atoms with Crippen molar-refractivity contribution in [2.75, 3.05) is 26.4 Å². The first-order valence-electron chi connectivity index (χ1n) is 35.0. The van der Waals surface area contributed by atoms with Crippen LogP contribution in [0.1, 0.15) is 219 Å². The summed E-state index contributed by atoms with van der Waals surface area (Å²) in [4.78, 5) is 13.4. The Hall–Kier alpha value is -3.29. The Labute approximate surface area is 545 Å². The molecule has 0 aliphatic carbocycles. The average Bonchev–Trinajstić information content (AvgIpc) is 1.05. The Morgan fingerprint density at radius 1 is 0.407 bits per heavy atom. The molecule has 3 aliphatic heterocycles. The highest BCUT2D eigenvalue weighted by Crippen LogP contribution is 2.33. The van der Waals surface area contributed by atoms with Crippen molar-refractivity contribution in [3.8, 4) is 0 Å². The molecule has 3 saturated heterocycles. The second-order valence-corrected chi connectivity index (χ2v) is 24.6. The molecule has 524 valence electrons. The quantitative estimate of drug-likeness (QED) is 0.0199. The summed E-state index contributed by atoms with van der Waals surface area (Å²) in [6.07, 6.45) is 42.2. The normalized spacial score (nSPS) is 28.5. The highest BCUT2D eigenvalue weighted by molar-refractivity contribution is 5.76. The van der Waals surface area contributed by atoms with Crippen LogP contribution in [0.25, 0.3) is 0 Å². The molecule has 0 aromatic rings. The number of aliphatic hydroxyl groups excluding tert-OH is 11. The van der Waals surface area contributed by atoms with Crippen molar-refractivity contribution in [2.45, 2.75) is 324 Å². The molecule has 0 radical (unpaired) electrons. The summed E-state index contributed by atoms with van der Waals surface area (Å²) in [5, 5.41) is 120. The van der Waals surface area contributed by atoms with E-state index in [1.807, 2.05) is 0 Å². The first-order chi connectivity index (χ1) is 44.3. The van der Waals surface area contributed by atoms with Gasteiger partial charge in [-0.25, -0.2) is 0 Å². The molecule has 91 heavy (non-hydrogen) atoms. The second-order valence-electron chi connectivity index (χ2n) is 24.6. The third kappa shape index (κ3) is 34.8. The van der Waals surface area contributed by atoms with E-state index < -0.39 is 124 Å². The lowest BCUT2D eigenvalue weighted by Gasteiger charge is -2.48. The zero-order valence-electron chi connectivity index (χ0n) is 55.3. The van der Waals surface area contributed by atoms with Crippen molar-refractivity contribution in [3.05, 3.63) is 97.2 Å². The van der Waals surface area contributed by atoms with E-state index in [0.29, 0.717) is 12.8 Å². The van der Waals surface area contributed by atoms with Gasteiger partial charge in [-0.3, -0.25) is 4.79 Å². The zero-order chi connectivity index (χ0) is 66.1. The molecule has 3 fully saturated rings. The van der Waals surface area contributed by atoms with Crippen LogP contribution in [0.5, 0.6) is 0 Å². The van der Waals surface area contributed by atoms with Gasteiger partial charge in [-0.2, -0.15) is 0 Å². The molecule has 19 nitrogen and oxygen atoms in total. The first kappa shape index (κ1) is 81.9. The fourth-order valence-electron chi connectivity index (χ4n) is 11.3. The van der Waals surface area contributed by atoms with Crippen molar-refractivity contribution < 1.29 is 89.4 Å². The average molecular weight is 1290 g/mol. The molecule has 17 atom stereocenters. The number of hydrogen-bond donors (Lipinski definition) is 12. The topological polar surface area (TPSA) is 307 Å². The molecule has 0 saturated carbocycles. The molecule has 3 heterocycles. The Bertz CT molecular complexity index is 2030. The maximum Gasteiger partial charge on any atom is 0.220 e. The smallest absolute Gasteiger partial charge is 0.220 e. The van der Waals surface area contributed by atoms with Crippen molar-refractivity contribution in [1.29, 1.82) is 0 Å². The van der Waals surface area contributed by atoms with Crippen LogP contribution in [0.4, 0.5) is 0 Å². The maximum atomic E-state index is 13.4. The molecule has 1 amide bonds. The van der Waals surface area contributed by atoms with Gasteiger partial charge in [0.1, 0.15) is 73.2 Å². The van der Waals surface area contributed by atoms with Crippen molar-refractivity contribution >= 4 is 5.91 Å². The molecule has 0 bridgehead atoms. The predicted molar refractivity (Wildman–Crippen MR) is 355 cm³/mol. The van der Waals surface area contributed by atoms with E-state index in [0.717, 1.165) is 109 Å². The molecule has 0 spiro atoms. The van der Waals surface area contributed by atoms with E-state index in [2.05, 4.69) is 116 Å². The van der Waals surface area contributed by atoms with Gasteiger partial charge >= 0.3 is 0 Å². The minimum absolute atomic E-state index is 0.253.